The second-order valence-electron chi connectivity index (χ2n) is 3.23. The van der Waals surface area contributed by atoms with Gasteiger partial charge in [0.05, 0.1) is 15.7 Å². The molecule has 0 amide bonds. The first-order valence-electron chi connectivity index (χ1n) is 4.49. The molecule has 0 saturated carbocycles. The van der Waals surface area contributed by atoms with Gasteiger partial charge in [0.25, 0.3) is 0 Å². The summed E-state index contributed by atoms with van der Waals surface area (Å²) < 4.78 is 30.8. The van der Waals surface area contributed by atoms with Crippen molar-refractivity contribution in [1.29, 1.82) is 0 Å². The van der Waals surface area contributed by atoms with Crippen molar-refractivity contribution in [3.05, 3.63) is 44.4 Å². The van der Waals surface area contributed by atoms with Gasteiger partial charge in [-0.1, -0.05) is 4.49 Å². The van der Waals surface area contributed by atoms with Crippen LogP contribution in [0, 0.1) is 18.6 Å². The largest absolute Gasteiger partial charge is 0.287 e. The van der Waals surface area contributed by atoms with E-state index in [1.54, 1.807) is 6.92 Å². The summed E-state index contributed by atoms with van der Waals surface area (Å²) in [5.74, 6) is -2.56. The Labute approximate surface area is 108 Å². The lowest BCUT2D eigenvalue weighted by atomic mass is 10.1. The fraction of sp³-hybridized carbons (Fsp3) is 0.100. The summed E-state index contributed by atoms with van der Waals surface area (Å²) >= 11 is 3.73. The molecule has 88 valence electrons. The summed E-state index contributed by atoms with van der Waals surface area (Å²) in [5, 5.41) is 3.64. The van der Waals surface area contributed by atoms with Crippen molar-refractivity contribution in [3.8, 4) is 0 Å². The molecule has 1 aromatic carbocycles. The zero-order chi connectivity index (χ0) is 12.6. The first kappa shape index (κ1) is 12.3. The molecule has 0 unspecified atom stereocenters. The van der Waals surface area contributed by atoms with E-state index < -0.39 is 23.0 Å². The van der Waals surface area contributed by atoms with Crippen LogP contribution in [0.15, 0.2) is 16.6 Å². The molecule has 0 atom stereocenters. The van der Waals surface area contributed by atoms with Gasteiger partial charge in [-0.25, -0.2) is 8.78 Å². The quantitative estimate of drug-likeness (QED) is 0.631. The van der Waals surface area contributed by atoms with Crippen LogP contribution in [0.25, 0.3) is 0 Å². The van der Waals surface area contributed by atoms with Gasteiger partial charge in [-0.3, -0.25) is 4.79 Å². The molecule has 1 heterocycles. The summed E-state index contributed by atoms with van der Waals surface area (Å²) in [6, 6.07) is 2.24. The van der Waals surface area contributed by atoms with E-state index in [4.69, 9.17) is 0 Å². The molecule has 2 aromatic rings. The Morgan fingerprint density at radius 2 is 2.12 bits per heavy atom. The first-order valence-corrected chi connectivity index (χ1v) is 6.06. The van der Waals surface area contributed by atoms with Crippen molar-refractivity contribution < 1.29 is 13.6 Å². The fourth-order valence-electron chi connectivity index (χ4n) is 1.29. The number of hydrogen-bond acceptors (Lipinski definition) is 4. The van der Waals surface area contributed by atoms with E-state index in [2.05, 4.69) is 25.5 Å². The van der Waals surface area contributed by atoms with E-state index in [-0.39, 0.29) is 9.35 Å². The van der Waals surface area contributed by atoms with Gasteiger partial charge >= 0.3 is 0 Å². The molecule has 0 saturated heterocycles. The molecule has 0 N–H and O–H groups in total. The number of hydrogen-bond donors (Lipinski definition) is 0. The highest BCUT2D eigenvalue weighted by Gasteiger charge is 2.24. The topological polar surface area (TPSA) is 42.9 Å². The van der Waals surface area contributed by atoms with E-state index in [0.717, 1.165) is 17.6 Å². The summed E-state index contributed by atoms with van der Waals surface area (Å²) in [4.78, 5) is 12.1. The van der Waals surface area contributed by atoms with Crippen molar-refractivity contribution in [1.82, 2.24) is 9.59 Å². The highest BCUT2D eigenvalue weighted by atomic mass is 79.9. The summed E-state index contributed by atoms with van der Waals surface area (Å²) in [7, 11) is 0. The number of aromatic nitrogens is 2. The highest BCUT2D eigenvalue weighted by molar-refractivity contribution is 9.10. The molecule has 1 aromatic heterocycles. The highest BCUT2D eigenvalue weighted by Crippen LogP contribution is 2.25. The Hall–Kier alpha value is -1.21. The van der Waals surface area contributed by atoms with Crippen molar-refractivity contribution in [3.63, 3.8) is 0 Å². The van der Waals surface area contributed by atoms with Gasteiger partial charge < -0.3 is 0 Å². The average Bonchev–Trinajstić information content (AvgIpc) is 2.70. The van der Waals surface area contributed by atoms with Crippen LogP contribution in [0.4, 0.5) is 8.78 Å². The molecule has 0 bridgehead atoms. The number of nitrogens with zero attached hydrogens (tertiary/aromatic N) is 2. The Balaban J connectivity index is 2.59. The minimum absolute atomic E-state index is 0.0392. The van der Waals surface area contributed by atoms with Gasteiger partial charge in [-0.15, -0.1) is 5.10 Å². The zero-order valence-electron chi connectivity index (χ0n) is 8.50. The number of halogens is 3. The SMILES string of the molecule is Cc1nnsc1C(=O)c1c(F)ccc(Br)c1F. The summed E-state index contributed by atoms with van der Waals surface area (Å²) in [6.07, 6.45) is 0. The average molecular weight is 319 g/mol. The third kappa shape index (κ3) is 2.12. The Kier molecular flexibility index (Phi) is 3.30. The zero-order valence-corrected chi connectivity index (χ0v) is 10.9. The van der Waals surface area contributed by atoms with Crippen molar-refractivity contribution in [2.75, 3.05) is 0 Å². The van der Waals surface area contributed by atoms with Crippen LogP contribution < -0.4 is 0 Å². The fourth-order valence-corrected chi connectivity index (χ4v) is 2.22. The predicted octanol–water partition coefficient (Wildman–Crippen LogP) is 3.12. The maximum absolute atomic E-state index is 13.7. The maximum atomic E-state index is 13.7. The van der Waals surface area contributed by atoms with Gasteiger partial charge in [-0.2, -0.15) is 0 Å². The molecule has 0 radical (unpaired) electrons. The van der Waals surface area contributed by atoms with E-state index in [9.17, 15) is 13.6 Å². The normalized spacial score (nSPS) is 10.6. The number of rotatable bonds is 2. The number of ketones is 1. The number of aryl methyl sites for hydroxylation is 1. The van der Waals surface area contributed by atoms with Crippen molar-refractivity contribution in [2.45, 2.75) is 6.92 Å². The lowest BCUT2D eigenvalue weighted by Crippen LogP contribution is -2.07. The molecule has 2 rings (SSSR count). The Bertz CT molecular complexity index is 600. The first-order chi connectivity index (χ1) is 8.02. The molecule has 0 fully saturated rings. The van der Waals surface area contributed by atoms with Crippen LogP contribution >= 0.6 is 27.5 Å². The molecule has 3 nitrogen and oxygen atoms in total. The van der Waals surface area contributed by atoms with Gasteiger partial charge in [0.1, 0.15) is 10.7 Å². The molecular formula is C10H5BrF2N2OS. The molecule has 0 aliphatic carbocycles. The maximum Gasteiger partial charge on any atom is 0.212 e. The molecule has 17 heavy (non-hydrogen) atoms. The van der Waals surface area contributed by atoms with Crippen LogP contribution in [0.1, 0.15) is 20.9 Å². The third-order valence-corrected chi connectivity index (χ3v) is 3.57. The van der Waals surface area contributed by atoms with E-state index in [1.165, 1.54) is 6.07 Å². The van der Waals surface area contributed by atoms with Gasteiger partial charge in [0, 0.05) is 0 Å². The third-order valence-electron chi connectivity index (χ3n) is 2.13. The molecular weight excluding hydrogens is 314 g/mol. The van der Waals surface area contributed by atoms with Gasteiger partial charge in [-0.05, 0) is 46.5 Å². The van der Waals surface area contributed by atoms with E-state index in [1.807, 2.05) is 0 Å². The van der Waals surface area contributed by atoms with E-state index in [0.29, 0.717) is 5.69 Å². The summed E-state index contributed by atoms with van der Waals surface area (Å²) in [6.45, 7) is 1.56. The van der Waals surface area contributed by atoms with Crippen LogP contribution in [0.2, 0.25) is 0 Å². The van der Waals surface area contributed by atoms with Crippen LogP contribution in [-0.4, -0.2) is 15.4 Å². The minimum atomic E-state index is -0.914. The Morgan fingerprint density at radius 1 is 1.41 bits per heavy atom. The monoisotopic (exact) mass is 318 g/mol. The smallest absolute Gasteiger partial charge is 0.212 e. The Morgan fingerprint density at radius 3 is 2.71 bits per heavy atom. The van der Waals surface area contributed by atoms with Crippen molar-refractivity contribution >= 4 is 33.2 Å². The van der Waals surface area contributed by atoms with Gasteiger partial charge in [0.2, 0.25) is 5.78 Å². The second kappa shape index (κ2) is 4.58. The lowest BCUT2D eigenvalue weighted by molar-refractivity contribution is 0.103. The van der Waals surface area contributed by atoms with Crippen LogP contribution in [0.5, 0.6) is 0 Å². The van der Waals surface area contributed by atoms with E-state index >= 15 is 0 Å². The molecule has 7 heteroatoms. The summed E-state index contributed by atoms with van der Waals surface area (Å²) in [5.41, 5.74) is -0.229. The molecule has 0 spiro atoms. The predicted molar refractivity (Wildman–Crippen MR) is 62.1 cm³/mol. The van der Waals surface area contributed by atoms with Crippen LogP contribution in [-0.2, 0) is 0 Å². The standard InChI is InChI=1S/C10H5BrF2N2OS/c1-4-10(17-15-14-4)9(16)7-6(12)3-2-5(11)8(7)13/h2-3H,1H3. The lowest BCUT2D eigenvalue weighted by Gasteiger charge is -2.04. The number of carbonyl (C=O) groups excluding carboxylic acids is 1. The van der Waals surface area contributed by atoms with Gasteiger partial charge in [0.15, 0.2) is 5.82 Å². The second-order valence-corrected chi connectivity index (χ2v) is 4.84. The number of benzene rings is 1. The molecule has 0 aliphatic rings. The number of carbonyl (C=O) groups is 1. The molecule has 0 aliphatic heterocycles. The minimum Gasteiger partial charge on any atom is -0.287 e. The van der Waals surface area contributed by atoms with Crippen molar-refractivity contribution in [2.24, 2.45) is 0 Å². The van der Waals surface area contributed by atoms with Crippen LogP contribution in [0.3, 0.4) is 0 Å².